The molecule has 1 aliphatic rings. The molecule has 0 N–H and O–H groups in total. The Morgan fingerprint density at radius 3 is 2.80 bits per heavy atom. The molecule has 0 aromatic carbocycles. The Morgan fingerprint density at radius 2 is 2.33 bits per heavy atom. The SMILES string of the molecule is COC(=O)CC1(CSCC(C)C#N)CC1. The lowest BCUT2D eigenvalue weighted by atomic mass is 10.1. The Morgan fingerprint density at radius 1 is 1.67 bits per heavy atom. The summed E-state index contributed by atoms with van der Waals surface area (Å²) in [7, 11) is 1.43. The maximum atomic E-state index is 11.1. The Bertz CT molecular complexity index is 268. The van der Waals surface area contributed by atoms with Gasteiger partial charge in [0, 0.05) is 5.75 Å². The van der Waals surface area contributed by atoms with Crippen LogP contribution in [-0.4, -0.2) is 24.6 Å². The zero-order chi connectivity index (χ0) is 11.3. The molecular formula is C11H17NO2S. The second kappa shape index (κ2) is 5.41. The van der Waals surface area contributed by atoms with Gasteiger partial charge in [-0.3, -0.25) is 4.79 Å². The Hall–Kier alpha value is -0.690. The number of nitrogens with zero attached hydrogens (tertiary/aromatic N) is 1. The van der Waals surface area contributed by atoms with Crippen LogP contribution < -0.4 is 0 Å². The molecule has 1 unspecified atom stereocenters. The fourth-order valence-corrected chi connectivity index (χ4v) is 2.79. The molecule has 0 aliphatic heterocycles. The average Bonchev–Trinajstić information content (AvgIpc) is 2.97. The van der Waals surface area contributed by atoms with E-state index in [4.69, 9.17) is 5.26 Å². The van der Waals surface area contributed by atoms with E-state index in [0.29, 0.717) is 6.42 Å². The highest BCUT2D eigenvalue weighted by Crippen LogP contribution is 2.51. The van der Waals surface area contributed by atoms with Crippen molar-refractivity contribution >= 4 is 17.7 Å². The third-order valence-electron chi connectivity index (χ3n) is 2.70. The van der Waals surface area contributed by atoms with Gasteiger partial charge in [-0.15, -0.1) is 0 Å². The predicted octanol–water partition coefficient (Wildman–Crippen LogP) is 2.22. The van der Waals surface area contributed by atoms with Crippen molar-refractivity contribution in [3.05, 3.63) is 0 Å². The number of carbonyl (C=O) groups is 1. The van der Waals surface area contributed by atoms with E-state index in [-0.39, 0.29) is 17.3 Å². The molecule has 1 atom stereocenters. The zero-order valence-electron chi connectivity index (χ0n) is 9.28. The fourth-order valence-electron chi connectivity index (χ4n) is 1.42. The molecule has 0 radical (unpaired) electrons. The van der Waals surface area contributed by atoms with Gasteiger partial charge in [-0.05, 0) is 30.9 Å². The number of hydrogen-bond donors (Lipinski definition) is 0. The summed E-state index contributed by atoms with van der Waals surface area (Å²) in [6.07, 6.45) is 2.78. The molecule has 3 nitrogen and oxygen atoms in total. The van der Waals surface area contributed by atoms with Crippen molar-refractivity contribution in [2.45, 2.75) is 26.2 Å². The molecule has 0 heterocycles. The van der Waals surface area contributed by atoms with Crippen molar-refractivity contribution in [3.8, 4) is 6.07 Å². The maximum Gasteiger partial charge on any atom is 0.306 e. The number of hydrogen-bond acceptors (Lipinski definition) is 4. The van der Waals surface area contributed by atoms with Crippen LogP contribution in [0.1, 0.15) is 26.2 Å². The molecule has 0 amide bonds. The van der Waals surface area contributed by atoms with Gasteiger partial charge >= 0.3 is 5.97 Å². The van der Waals surface area contributed by atoms with Gasteiger partial charge in [0.15, 0.2) is 0 Å². The molecule has 1 fully saturated rings. The van der Waals surface area contributed by atoms with E-state index in [1.165, 1.54) is 7.11 Å². The summed E-state index contributed by atoms with van der Waals surface area (Å²) in [5, 5.41) is 8.63. The van der Waals surface area contributed by atoms with E-state index < -0.39 is 0 Å². The quantitative estimate of drug-likeness (QED) is 0.653. The highest BCUT2D eigenvalue weighted by atomic mass is 32.2. The Kier molecular flexibility index (Phi) is 4.46. The van der Waals surface area contributed by atoms with Crippen molar-refractivity contribution in [1.82, 2.24) is 0 Å². The second-order valence-corrected chi connectivity index (χ2v) is 5.33. The van der Waals surface area contributed by atoms with Crippen LogP contribution in [0.15, 0.2) is 0 Å². The topological polar surface area (TPSA) is 50.1 Å². The summed E-state index contributed by atoms with van der Waals surface area (Å²) in [5.74, 6) is 1.83. The monoisotopic (exact) mass is 227 g/mol. The minimum Gasteiger partial charge on any atom is -0.469 e. The van der Waals surface area contributed by atoms with Gasteiger partial charge in [-0.25, -0.2) is 0 Å². The van der Waals surface area contributed by atoms with Crippen LogP contribution >= 0.6 is 11.8 Å². The van der Waals surface area contributed by atoms with E-state index in [0.717, 1.165) is 24.3 Å². The fraction of sp³-hybridized carbons (Fsp3) is 0.818. The third-order valence-corrected chi connectivity index (χ3v) is 4.25. The van der Waals surface area contributed by atoms with Crippen LogP contribution in [0.3, 0.4) is 0 Å². The highest BCUT2D eigenvalue weighted by molar-refractivity contribution is 7.99. The van der Waals surface area contributed by atoms with Crippen LogP contribution in [0.2, 0.25) is 0 Å². The summed E-state index contributed by atoms with van der Waals surface area (Å²) < 4.78 is 4.67. The van der Waals surface area contributed by atoms with Gasteiger partial charge in [0.1, 0.15) is 0 Å². The van der Waals surface area contributed by atoms with Gasteiger partial charge in [0.2, 0.25) is 0 Å². The summed E-state index contributed by atoms with van der Waals surface area (Å²) in [6.45, 7) is 1.92. The van der Waals surface area contributed by atoms with Crippen molar-refractivity contribution < 1.29 is 9.53 Å². The second-order valence-electron chi connectivity index (χ2n) is 4.30. The van der Waals surface area contributed by atoms with Gasteiger partial charge in [0.25, 0.3) is 0 Å². The van der Waals surface area contributed by atoms with E-state index >= 15 is 0 Å². The first kappa shape index (κ1) is 12.4. The summed E-state index contributed by atoms with van der Waals surface area (Å²) >= 11 is 1.78. The first-order chi connectivity index (χ1) is 7.12. The van der Waals surface area contributed by atoms with Gasteiger partial charge < -0.3 is 4.74 Å². The number of rotatable bonds is 6. The maximum absolute atomic E-state index is 11.1. The van der Waals surface area contributed by atoms with Crippen LogP contribution in [-0.2, 0) is 9.53 Å². The summed E-state index contributed by atoms with van der Waals surface area (Å²) in [6, 6.07) is 2.21. The van der Waals surface area contributed by atoms with Crippen molar-refractivity contribution in [3.63, 3.8) is 0 Å². The van der Waals surface area contributed by atoms with Crippen LogP contribution in [0, 0.1) is 22.7 Å². The molecule has 0 spiro atoms. The molecule has 0 bridgehead atoms. The molecule has 4 heteroatoms. The lowest BCUT2D eigenvalue weighted by Crippen LogP contribution is -2.13. The van der Waals surface area contributed by atoms with Gasteiger partial charge in [-0.2, -0.15) is 17.0 Å². The normalized spacial score (nSPS) is 19.0. The molecule has 0 aromatic heterocycles. The average molecular weight is 227 g/mol. The molecular weight excluding hydrogens is 210 g/mol. The van der Waals surface area contributed by atoms with E-state index in [1.54, 1.807) is 11.8 Å². The first-order valence-corrected chi connectivity index (χ1v) is 6.31. The standard InChI is InChI=1S/C11H17NO2S/c1-9(6-12)7-15-8-11(3-4-11)5-10(13)14-2/h9H,3-5,7-8H2,1-2H3. The van der Waals surface area contributed by atoms with E-state index in [9.17, 15) is 4.79 Å². The lowest BCUT2D eigenvalue weighted by Gasteiger charge is -2.13. The highest BCUT2D eigenvalue weighted by Gasteiger charge is 2.44. The molecule has 15 heavy (non-hydrogen) atoms. The first-order valence-electron chi connectivity index (χ1n) is 5.16. The van der Waals surface area contributed by atoms with Crippen molar-refractivity contribution in [2.24, 2.45) is 11.3 Å². The van der Waals surface area contributed by atoms with Crippen molar-refractivity contribution in [1.29, 1.82) is 5.26 Å². The number of carbonyl (C=O) groups excluding carboxylic acids is 1. The molecule has 1 aliphatic carbocycles. The number of thioether (sulfide) groups is 1. The minimum absolute atomic E-state index is 0.101. The molecule has 84 valence electrons. The third kappa shape index (κ3) is 4.13. The van der Waals surface area contributed by atoms with Crippen LogP contribution in [0.5, 0.6) is 0 Å². The van der Waals surface area contributed by atoms with Gasteiger partial charge in [-0.1, -0.05) is 0 Å². The van der Waals surface area contributed by atoms with E-state index in [1.807, 2.05) is 6.92 Å². The largest absolute Gasteiger partial charge is 0.469 e. The van der Waals surface area contributed by atoms with Gasteiger partial charge in [0.05, 0.1) is 25.5 Å². The predicted molar refractivity (Wildman–Crippen MR) is 60.4 cm³/mol. The molecule has 0 saturated heterocycles. The van der Waals surface area contributed by atoms with Crippen LogP contribution in [0.25, 0.3) is 0 Å². The molecule has 1 rings (SSSR count). The number of nitriles is 1. The lowest BCUT2D eigenvalue weighted by molar-refractivity contribution is -0.141. The molecule has 1 saturated carbocycles. The number of methoxy groups -OCH3 is 1. The Labute approximate surface area is 95.2 Å². The summed E-state index contributed by atoms with van der Waals surface area (Å²) in [5.41, 5.74) is 0.187. The van der Waals surface area contributed by atoms with Crippen molar-refractivity contribution in [2.75, 3.05) is 18.6 Å². The van der Waals surface area contributed by atoms with E-state index in [2.05, 4.69) is 10.8 Å². The summed E-state index contributed by atoms with van der Waals surface area (Å²) in [4.78, 5) is 11.1. The molecule has 0 aromatic rings. The number of ether oxygens (including phenoxy) is 1. The Balaban J connectivity index is 2.21. The zero-order valence-corrected chi connectivity index (χ0v) is 10.1. The van der Waals surface area contributed by atoms with Crippen LogP contribution in [0.4, 0.5) is 0 Å². The minimum atomic E-state index is -0.110. The number of esters is 1. The smallest absolute Gasteiger partial charge is 0.306 e.